The molecule has 2 heterocycles. The van der Waals surface area contributed by atoms with Gasteiger partial charge in [0.25, 0.3) is 0 Å². The highest BCUT2D eigenvalue weighted by Crippen LogP contribution is 2.53. The zero-order valence-electron chi connectivity index (χ0n) is 26.8. The predicted octanol–water partition coefficient (Wildman–Crippen LogP) is 4.30. The summed E-state index contributed by atoms with van der Waals surface area (Å²) in [5.74, 6) is -1.66. The molecule has 2 aliphatic heterocycles. The summed E-state index contributed by atoms with van der Waals surface area (Å²) in [6.07, 6.45) is -2.74. The fourth-order valence-electron chi connectivity index (χ4n) is 6.88. The summed E-state index contributed by atoms with van der Waals surface area (Å²) in [5, 5.41) is 0. The Labute approximate surface area is 265 Å². The van der Waals surface area contributed by atoms with Crippen molar-refractivity contribution < 1.29 is 57.1 Å². The van der Waals surface area contributed by atoms with Crippen molar-refractivity contribution in [1.29, 1.82) is 0 Å². The molecule has 0 spiro atoms. The quantitative estimate of drug-likeness (QED) is 0.429. The third-order valence-corrected chi connectivity index (χ3v) is 8.83. The highest BCUT2D eigenvalue weighted by molar-refractivity contribution is 6.34. The topological polar surface area (TPSA) is 142 Å². The number of hydrogen-bond acceptors (Lipinski definition) is 12. The first-order valence-corrected chi connectivity index (χ1v) is 14.7. The summed E-state index contributed by atoms with van der Waals surface area (Å²) in [6.45, 7) is 3.55. The lowest BCUT2D eigenvalue weighted by Gasteiger charge is -2.36. The Balaban J connectivity index is 1.74. The van der Waals surface area contributed by atoms with Crippen LogP contribution in [0, 0.1) is 0 Å². The first-order chi connectivity index (χ1) is 22.1. The second-order valence-corrected chi connectivity index (χ2v) is 11.4. The van der Waals surface area contributed by atoms with Crippen LogP contribution in [0.25, 0.3) is 11.1 Å². The summed E-state index contributed by atoms with van der Waals surface area (Å²) >= 11 is 0. The molecule has 4 atom stereocenters. The van der Waals surface area contributed by atoms with Gasteiger partial charge in [-0.05, 0) is 13.8 Å². The van der Waals surface area contributed by atoms with Crippen LogP contribution in [0.5, 0.6) is 23.0 Å². The van der Waals surface area contributed by atoms with Crippen LogP contribution in [0.1, 0.15) is 68.1 Å². The molecular formula is C34H34O12. The van der Waals surface area contributed by atoms with E-state index in [4.69, 9.17) is 37.9 Å². The monoisotopic (exact) mass is 634 g/mol. The lowest BCUT2D eigenvalue weighted by Crippen LogP contribution is -2.39. The molecule has 0 aromatic heterocycles. The van der Waals surface area contributed by atoms with Gasteiger partial charge in [-0.25, -0.2) is 0 Å². The van der Waals surface area contributed by atoms with Gasteiger partial charge in [0.2, 0.25) is 0 Å². The normalized spacial score (nSPS) is 23.9. The highest BCUT2D eigenvalue weighted by Gasteiger charge is 2.48. The van der Waals surface area contributed by atoms with E-state index in [0.29, 0.717) is 0 Å². The molecule has 0 fully saturated rings. The van der Waals surface area contributed by atoms with Gasteiger partial charge in [0.05, 0.1) is 62.9 Å². The lowest BCUT2D eigenvalue weighted by atomic mass is 9.73. The number of ether oxygens (including phenoxy) is 8. The molecule has 242 valence electrons. The lowest BCUT2D eigenvalue weighted by molar-refractivity contribution is -0.133. The van der Waals surface area contributed by atoms with Crippen molar-refractivity contribution in [2.75, 3.05) is 42.7 Å². The van der Waals surface area contributed by atoms with Gasteiger partial charge in [-0.1, -0.05) is 0 Å². The van der Waals surface area contributed by atoms with E-state index in [1.807, 2.05) is 0 Å². The average Bonchev–Trinajstić information content (AvgIpc) is 3.06. The molecule has 2 aromatic carbocycles. The van der Waals surface area contributed by atoms with Crippen LogP contribution in [-0.4, -0.2) is 90.6 Å². The number of Topliss-reactive ketones (excluding diaryl/α,β-unsaturated/α-hetero) is 4. The van der Waals surface area contributed by atoms with Crippen LogP contribution in [0.15, 0.2) is 34.4 Å². The largest absolute Gasteiger partial charge is 0.496 e. The minimum absolute atomic E-state index is 0.0512. The number of benzene rings is 2. The molecule has 2 aromatic rings. The van der Waals surface area contributed by atoms with Crippen LogP contribution < -0.4 is 18.9 Å². The van der Waals surface area contributed by atoms with Gasteiger partial charge in [0, 0.05) is 72.6 Å². The van der Waals surface area contributed by atoms with Gasteiger partial charge < -0.3 is 37.9 Å². The molecular weight excluding hydrogens is 600 g/mol. The van der Waals surface area contributed by atoms with Gasteiger partial charge in [-0.3, -0.25) is 19.2 Å². The number of carbonyl (C=O) groups excluding carboxylic acids is 4. The summed E-state index contributed by atoms with van der Waals surface area (Å²) in [4.78, 5) is 57.8. The van der Waals surface area contributed by atoms with Crippen LogP contribution in [0.3, 0.4) is 0 Å². The van der Waals surface area contributed by atoms with Crippen molar-refractivity contribution in [3.05, 3.63) is 56.7 Å². The molecule has 0 N–H and O–H groups in total. The van der Waals surface area contributed by atoms with E-state index in [9.17, 15) is 19.2 Å². The minimum Gasteiger partial charge on any atom is -0.496 e. The van der Waals surface area contributed by atoms with Gasteiger partial charge in [0.15, 0.2) is 35.7 Å². The first-order valence-electron chi connectivity index (χ1n) is 14.7. The fraction of sp³-hybridized carbons (Fsp3) is 0.412. The Kier molecular flexibility index (Phi) is 8.09. The van der Waals surface area contributed by atoms with Crippen LogP contribution in [-0.2, 0) is 18.9 Å². The van der Waals surface area contributed by atoms with Gasteiger partial charge in [-0.2, -0.15) is 0 Å². The molecule has 0 unspecified atom stereocenters. The SMILES string of the molecule is COc1cc(OC)c(-c2c(OC)cc(OC)c3c2C(=O)C2=C(C3=O)[C@H](OC)O[C@@H](C)C2)c2c1C(=O)C1=C(C[C@H](C)O[C@H]1OC)C2=O. The van der Waals surface area contributed by atoms with Crippen molar-refractivity contribution >= 4 is 23.1 Å². The Morgan fingerprint density at radius 2 is 0.826 bits per heavy atom. The molecule has 4 aliphatic rings. The Hall–Kier alpha value is -4.36. The average molecular weight is 635 g/mol. The molecule has 0 radical (unpaired) electrons. The second kappa shape index (κ2) is 11.8. The van der Waals surface area contributed by atoms with E-state index < -0.39 is 47.9 Å². The summed E-state index contributed by atoms with van der Waals surface area (Å²) in [5.41, 5.74) is 0.586. The number of rotatable bonds is 7. The van der Waals surface area contributed by atoms with E-state index in [0.717, 1.165) is 0 Å². The second-order valence-electron chi connectivity index (χ2n) is 11.4. The van der Waals surface area contributed by atoms with Gasteiger partial charge in [-0.15, -0.1) is 0 Å². The highest BCUT2D eigenvalue weighted by atomic mass is 16.7. The number of methoxy groups -OCH3 is 6. The molecule has 12 nitrogen and oxygen atoms in total. The van der Waals surface area contributed by atoms with Gasteiger partial charge in [0.1, 0.15) is 23.0 Å². The number of ketones is 4. The fourth-order valence-corrected chi connectivity index (χ4v) is 6.88. The van der Waals surface area contributed by atoms with Crippen molar-refractivity contribution in [1.82, 2.24) is 0 Å². The maximum atomic E-state index is 14.6. The third kappa shape index (κ3) is 4.43. The van der Waals surface area contributed by atoms with Crippen molar-refractivity contribution in [3.63, 3.8) is 0 Å². The Morgan fingerprint density at radius 3 is 1.13 bits per heavy atom. The van der Waals surface area contributed by atoms with Crippen LogP contribution in [0.2, 0.25) is 0 Å². The van der Waals surface area contributed by atoms with Crippen molar-refractivity contribution in [2.45, 2.75) is 51.5 Å². The van der Waals surface area contributed by atoms with Crippen molar-refractivity contribution in [3.8, 4) is 34.1 Å². The molecule has 0 saturated heterocycles. The first kappa shape index (κ1) is 31.6. The predicted molar refractivity (Wildman–Crippen MR) is 161 cm³/mol. The van der Waals surface area contributed by atoms with E-state index in [-0.39, 0.29) is 91.5 Å². The minimum atomic E-state index is -1.07. The van der Waals surface area contributed by atoms with E-state index >= 15 is 0 Å². The van der Waals surface area contributed by atoms with Crippen LogP contribution in [0.4, 0.5) is 0 Å². The van der Waals surface area contributed by atoms with E-state index in [2.05, 4.69) is 0 Å². The third-order valence-electron chi connectivity index (χ3n) is 8.83. The standard InChI is InChI=1S/C34H34O12/c1-13-9-15-21(33(43-7)45-13)31(37)25-19(41-5)11-17(39-3)23(27(25)29(15)35)24-18(40-4)12-20(42-6)26-28(24)30(36)16-10-14(2)46-34(44-8)22(16)32(26)38/h11-14,33-34H,9-10H2,1-8H3/t13-,14-,33+,34+/m0/s1. The summed E-state index contributed by atoms with van der Waals surface area (Å²) < 4.78 is 45.5. The zero-order valence-corrected chi connectivity index (χ0v) is 26.8. The molecule has 46 heavy (non-hydrogen) atoms. The number of hydrogen-bond donors (Lipinski definition) is 0. The molecule has 12 heteroatoms. The molecule has 6 rings (SSSR count). The van der Waals surface area contributed by atoms with Gasteiger partial charge >= 0.3 is 0 Å². The van der Waals surface area contributed by atoms with Crippen LogP contribution >= 0.6 is 0 Å². The van der Waals surface area contributed by atoms with E-state index in [1.165, 1.54) is 54.8 Å². The summed E-state index contributed by atoms with van der Waals surface area (Å²) in [7, 11) is 8.30. The summed E-state index contributed by atoms with van der Waals surface area (Å²) in [6, 6.07) is 2.93. The maximum Gasteiger partial charge on any atom is 0.199 e. The molecule has 2 aliphatic carbocycles. The Bertz CT molecular complexity index is 1650. The molecule has 0 bridgehead atoms. The Morgan fingerprint density at radius 1 is 0.500 bits per heavy atom. The smallest absolute Gasteiger partial charge is 0.199 e. The maximum absolute atomic E-state index is 14.6. The molecule has 0 saturated carbocycles. The van der Waals surface area contributed by atoms with Crippen molar-refractivity contribution in [2.24, 2.45) is 0 Å². The van der Waals surface area contributed by atoms with E-state index in [1.54, 1.807) is 13.8 Å². The number of carbonyl (C=O) groups is 4. The molecule has 0 amide bonds. The number of fused-ring (bicyclic) bond motifs is 2. The zero-order chi connectivity index (χ0) is 33.2.